The lowest BCUT2D eigenvalue weighted by atomic mass is 9.85. The summed E-state index contributed by atoms with van der Waals surface area (Å²) in [5.74, 6) is 3.57. The van der Waals surface area contributed by atoms with E-state index >= 15 is 0 Å². The number of rotatable bonds is 7. The molecule has 0 aliphatic carbocycles. The van der Waals surface area contributed by atoms with Gasteiger partial charge in [-0.15, -0.1) is 0 Å². The van der Waals surface area contributed by atoms with E-state index in [1.165, 1.54) is 25.7 Å². The molecule has 0 aliphatic rings. The third kappa shape index (κ3) is 16.0. The van der Waals surface area contributed by atoms with Gasteiger partial charge in [-0.05, 0) is 23.7 Å². The van der Waals surface area contributed by atoms with Crippen LogP contribution in [0.3, 0.4) is 0 Å². The highest BCUT2D eigenvalue weighted by molar-refractivity contribution is 4.64. The van der Waals surface area contributed by atoms with Gasteiger partial charge >= 0.3 is 0 Å². The molecule has 0 aromatic heterocycles. The van der Waals surface area contributed by atoms with Gasteiger partial charge in [-0.2, -0.15) is 0 Å². The standard InChI is InChI=1S/C14H30.C2H6.H2O/c1-11(2)7-9-13(5)14(6)10-8-12(3)4;1-2;/h11-14H,7-10H2,1-6H3;1-2H3;1H2. The molecule has 0 radical (unpaired) electrons. The van der Waals surface area contributed by atoms with E-state index in [0.29, 0.717) is 0 Å². The van der Waals surface area contributed by atoms with Crippen LogP contribution in [0.25, 0.3) is 0 Å². The Kier molecular flexibility index (Phi) is 18.3. The van der Waals surface area contributed by atoms with Crippen LogP contribution in [-0.4, -0.2) is 5.48 Å². The van der Waals surface area contributed by atoms with Crippen molar-refractivity contribution in [1.29, 1.82) is 0 Å². The van der Waals surface area contributed by atoms with Crippen LogP contribution in [-0.2, 0) is 0 Å². The van der Waals surface area contributed by atoms with Gasteiger partial charge in [0.15, 0.2) is 0 Å². The second kappa shape index (κ2) is 14.0. The van der Waals surface area contributed by atoms with E-state index in [2.05, 4.69) is 41.5 Å². The molecule has 0 aromatic carbocycles. The molecule has 0 bridgehead atoms. The van der Waals surface area contributed by atoms with Crippen LogP contribution in [0.2, 0.25) is 0 Å². The molecule has 2 N–H and O–H groups in total. The van der Waals surface area contributed by atoms with E-state index in [-0.39, 0.29) is 5.48 Å². The van der Waals surface area contributed by atoms with E-state index in [9.17, 15) is 0 Å². The SMILES string of the molecule is CC.CC(C)CCC(C)C(C)CCC(C)C.O. The van der Waals surface area contributed by atoms with Crippen LogP contribution in [0.1, 0.15) is 81.1 Å². The summed E-state index contributed by atoms with van der Waals surface area (Å²) in [6.07, 6.45) is 5.62. The zero-order valence-electron chi connectivity index (χ0n) is 13.6. The van der Waals surface area contributed by atoms with Gasteiger partial charge in [-0.1, -0.05) is 81.1 Å². The minimum Gasteiger partial charge on any atom is -0.412 e. The molecule has 0 saturated heterocycles. The third-order valence-electron chi connectivity index (χ3n) is 3.37. The fourth-order valence-electron chi connectivity index (χ4n) is 1.76. The van der Waals surface area contributed by atoms with E-state index in [4.69, 9.17) is 0 Å². The zero-order chi connectivity index (χ0) is 13.1. The maximum Gasteiger partial charge on any atom is -0.0417 e. The molecule has 108 valence electrons. The first-order chi connectivity index (χ1) is 7.43. The molecule has 0 fully saturated rings. The molecule has 17 heavy (non-hydrogen) atoms. The Morgan fingerprint density at radius 1 is 0.529 bits per heavy atom. The molecular weight excluding hydrogens is 208 g/mol. The summed E-state index contributed by atoms with van der Waals surface area (Å²) >= 11 is 0. The Balaban J connectivity index is -0.000000616. The van der Waals surface area contributed by atoms with Gasteiger partial charge in [0.2, 0.25) is 0 Å². The predicted octanol–water partition coefficient (Wildman–Crippen LogP) is 5.33. The first kappa shape index (κ1) is 22.2. The Hall–Kier alpha value is -0.0400. The van der Waals surface area contributed by atoms with Gasteiger partial charge < -0.3 is 5.48 Å². The van der Waals surface area contributed by atoms with Crippen LogP contribution < -0.4 is 0 Å². The van der Waals surface area contributed by atoms with E-state index in [1.54, 1.807) is 0 Å². The van der Waals surface area contributed by atoms with Crippen molar-refractivity contribution in [1.82, 2.24) is 0 Å². The lowest BCUT2D eigenvalue weighted by molar-refractivity contribution is 0.303. The second-order valence-electron chi connectivity index (χ2n) is 5.90. The van der Waals surface area contributed by atoms with Crippen molar-refractivity contribution in [2.45, 2.75) is 81.1 Å². The number of hydrogen-bond acceptors (Lipinski definition) is 0. The highest BCUT2D eigenvalue weighted by Gasteiger charge is 2.12. The lowest BCUT2D eigenvalue weighted by Gasteiger charge is -2.21. The fraction of sp³-hybridized carbons (Fsp3) is 1.00. The maximum atomic E-state index is 2.42. The summed E-state index contributed by atoms with van der Waals surface area (Å²) in [7, 11) is 0. The Morgan fingerprint density at radius 2 is 0.765 bits per heavy atom. The van der Waals surface area contributed by atoms with Gasteiger partial charge in [-0.25, -0.2) is 0 Å². The topological polar surface area (TPSA) is 31.5 Å². The summed E-state index contributed by atoms with van der Waals surface area (Å²) in [5.41, 5.74) is 0. The molecule has 0 aliphatic heterocycles. The minimum absolute atomic E-state index is 0. The highest BCUT2D eigenvalue weighted by atomic mass is 16.0. The van der Waals surface area contributed by atoms with Gasteiger partial charge in [0.1, 0.15) is 0 Å². The lowest BCUT2D eigenvalue weighted by Crippen LogP contribution is -2.10. The first-order valence-electron chi connectivity index (χ1n) is 7.43. The summed E-state index contributed by atoms with van der Waals surface area (Å²) < 4.78 is 0. The molecule has 0 spiro atoms. The summed E-state index contributed by atoms with van der Waals surface area (Å²) in [5, 5.41) is 0. The molecule has 0 aromatic rings. The van der Waals surface area contributed by atoms with Crippen LogP contribution in [0.5, 0.6) is 0 Å². The minimum atomic E-state index is 0. The van der Waals surface area contributed by atoms with Crippen LogP contribution >= 0.6 is 0 Å². The summed E-state index contributed by atoms with van der Waals surface area (Å²) in [6, 6.07) is 0. The third-order valence-corrected chi connectivity index (χ3v) is 3.37. The maximum absolute atomic E-state index is 2.42. The van der Waals surface area contributed by atoms with Gasteiger partial charge in [0, 0.05) is 0 Å². The summed E-state index contributed by atoms with van der Waals surface area (Å²) in [6.45, 7) is 18.1. The Bertz CT molecular complexity index is 113. The fourth-order valence-corrected chi connectivity index (χ4v) is 1.76. The van der Waals surface area contributed by atoms with Crippen molar-refractivity contribution >= 4 is 0 Å². The molecule has 0 saturated carbocycles. The summed E-state index contributed by atoms with van der Waals surface area (Å²) in [4.78, 5) is 0. The normalized spacial score (nSPS) is 13.8. The van der Waals surface area contributed by atoms with Crippen molar-refractivity contribution in [3.63, 3.8) is 0 Å². The molecule has 1 nitrogen and oxygen atoms in total. The molecule has 0 heterocycles. The van der Waals surface area contributed by atoms with Crippen LogP contribution in [0, 0.1) is 23.7 Å². The van der Waals surface area contributed by atoms with E-state index in [0.717, 1.165) is 23.7 Å². The first-order valence-corrected chi connectivity index (χ1v) is 7.43. The van der Waals surface area contributed by atoms with Gasteiger partial charge in [0.25, 0.3) is 0 Å². The molecule has 1 heteroatoms. The quantitative estimate of drug-likeness (QED) is 0.581. The largest absolute Gasteiger partial charge is 0.412 e. The average Bonchev–Trinajstić information content (AvgIpc) is 2.25. The van der Waals surface area contributed by atoms with Gasteiger partial charge in [-0.3, -0.25) is 0 Å². The second-order valence-corrected chi connectivity index (χ2v) is 5.90. The van der Waals surface area contributed by atoms with Crippen LogP contribution in [0.15, 0.2) is 0 Å². The van der Waals surface area contributed by atoms with Gasteiger partial charge in [0.05, 0.1) is 0 Å². The monoisotopic (exact) mass is 246 g/mol. The van der Waals surface area contributed by atoms with Crippen LogP contribution in [0.4, 0.5) is 0 Å². The van der Waals surface area contributed by atoms with Crippen molar-refractivity contribution in [2.24, 2.45) is 23.7 Å². The van der Waals surface area contributed by atoms with E-state index in [1.807, 2.05) is 13.8 Å². The Morgan fingerprint density at radius 3 is 0.941 bits per heavy atom. The molecule has 0 rings (SSSR count). The van der Waals surface area contributed by atoms with E-state index < -0.39 is 0 Å². The number of hydrogen-bond donors (Lipinski definition) is 0. The molecule has 0 amide bonds. The average molecular weight is 246 g/mol. The Labute approximate surface area is 111 Å². The van der Waals surface area contributed by atoms with Crippen molar-refractivity contribution in [2.75, 3.05) is 0 Å². The zero-order valence-corrected chi connectivity index (χ0v) is 13.6. The highest BCUT2D eigenvalue weighted by Crippen LogP contribution is 2.24. The van der Waals surface area contributed by atoms with Crippen molar-refractivity contribution < 1.29 is 5.48 Å². The molecular formula is C16H38O. The van der Waals surface area contributed by atoms with Crippen molar-refractivity contribution in [3.8, 4) is 0 Å². The molecule has 2 unspecified atom stereocenters. The smallest absolute Gasteiger partial charge is 0.0417 e. The molecule has 2 atom stereocenters. The predicted molar refractivity (Wildman–Crippen MR) is 81.4 cm³/mol. The van der Waals surface area contributed by atoms with Crippen molar-refractivity contribution in [3.05, 3.63) is 0 Å².